The van der Waals surface area contributed by atoms with Crippen molar-refractivity contribution in [2.24, 2.45) is 5.92 Å². The fourth-order valence-electron chi connectivity index (χ4n) is 3.71. The fraction of sp³-hybridized carbons (Fsp3) is 0.400. The first-order valence-electron chi connectivity index (χ1n) is 9.10. The third-order valence-electron chi connectivity index (χ3n) is 5.17. The van der Waals surface area contributed by atoms with Crippen LogP contribution in [0.3, 0.4) is 0 Å². The summed E-state index contributed by atoms with van der Waals surface area (Å²) in [6, 6.07) is 9.80. The fourth-order valence-corrected chi connectivity index (χ4v) is 3.71. The number of hydrogen-bond donors (Lipinski definition) is 1. The molecule has 0 radical (unpaired) electrons. The zero-order valence-electron chi connectivity index (χ0n) is 15.0. The van der Waals surface area contributed by atoms with Crippen molar-refractivity contribution < 1.29 is 19.1 Å². The molecule has 1 aromatic heterocycles. The van der Waals surface area contributed by atoms with E-state index in [2.05, 4.69) is 17.0 Å². The van der Waals surface area contributed by atoms with Gasteiger partial charge in [0.1, 0.15) is 12.0 Å². The monoisotopic (exact) mass is 370 g/mol. The number of likely N-dealkylation sites (tertiary alicyclic amines) is 1. The highest BCUT2D eigenvalue weighted by atomic mass is 16.5. The highest BCUT2D eigenvalue weighted by Crippen LogP contribution is 2.24. The standard InChI is InChI=1S/C20H22N2O5/c23-18-7-17(11-21-9-15-3-1-2-4-16(15)10-21)26-13-19(18)27-12-14-5-6-22(8-14)20(24)25/h1-4,7,13-14H,5-6,8-12H2,(H,24,25)/t14-/m1/s1. The third kappa shape index (κ3) is 3.98. The molecule has 7 heteroatoms. The van der Waals surface area contributed by atoms with E-state index in [0.717, 1.165) is 19.5 Å². The zero-order chi connectivity index (χ0) is 18.8. The molecule has 7 nitrogen and oxygen atoms in total. The number of hydrogen-bond acceptors (Lipinski definition) is 5. The molecule has 1 aromatic carbocycles. The Labute approximate surface area is 156 Å². The summed E-state index contributed by atoms with van der Waals surface area (Å²) >= 11 is 0. The van der Waals surface area contributed by atoms with Crippen molar-refractivity contribution in [3.05, 3.63) is 63.7 Å². The van der Waals surface area contributed by atoms with Crippen LogP contribution in [-0.2, 0) is 19.6 Å². The van der Waals surface area contributed by atoms with E-state index in [1.165, 1.54) is 28.4 Å². The summed E-state index contributed by atoms with van der Waals surface area (Å²) in [6.45, 7) is 3.53. The lowest BCUT2D eigenvalue weighted by Crippen LogP contribution is -2.27. The van der Waals surface area contributed by atoms with Crippen molar-refractivity contribution >= 4 is 6.09 Å². The minimum Gasteiger partial charge on any atom is -0.486 e. The number of carboxylic acid groups (broad SMARTS) is 1. The van der Waals surface area contributed by atoms with Crippen LogP contribution in [0.4, 0.5) is 4.79 Å². The second-order valence-corrected chi connectivity index (χ2v) is 7.18. The molecule has 0 saturated carbocycles. The molecule has 0 spiro atoms. The van der Waals surface area contributed by atoms with Crippen molar-refractivity contribution in [2.75, 3.05) is 19.7 Å². The van der Waals surface area contributed by atoms with Crippen molar-refractivity contribution in [2.45, 2.75) is 26.1 Å². The van der Waals surface area contributed by atoms with Gasteiger partial charge in [0.25, 0.3) is 0 Å². The summed E-state index contributed by atoms with van der Waals surface area (Å²) in [4.78, 5) is 26.8. The average molecular weight is 370 g/mol. The smallest absolute Gasteiger partial charge is 0.407 e. The number of carbonyl (C=O) groups is 1. The second kappa shape index (κ2) is 7.44. The molecule has 0 bridgehead atoms. The van der Waals surface area contributed by atoms with Crippen molar-refractivity contribution in [1.29, 1.82) is 0 Å². The van der Waals surface area contributed by atoms with Gasteiger partial charge in [-0.25, -0.2) is 4.79 Å². The highest BCUT2D eigenvalue weighted by Gasteiger charge is 2.26. The van der Waals surface area contributed by atoms with Gasteiger partial charge in [0.2, 0.25) is 11.2 Å². The van der Waals surface area contributed by atoms with Crippen LogP contribution in [0.15, 0.2) is 45.8 Å². The zero-order valence-corrected chi connectivity index (χ0v) is 15.0. The topological polar surface area (TPSA) is 83.2 Å². The number of benzene rings is 1. The van der Waals surface area contributed by atoms with Crippen LogP contribution >= 0.6 is 0 Å². The van der Waals surface area contributed by atoms with Gasteiger partial charge in [0, 0.05) is 38.2 Å². The molecule has 2 aliphatic rings. The highest BCUT2D eigenvalue weighted by molar-refractivity contribution is 5.65. The lowest BCUT2D eigenvalue weighted by atomic mass is 10.1. The summed E-state index contributed by atoms with van der Waals surface area (Å²) in [5.41, 5.74) is 2.42. The molecule has 1 fully saturated rings. The van der Waals surface area contributed by atoms with Gasteiger partial charge in [-0.1, -0.05) is 24.3 Å². The maximum atomic E-state index is 12.3. The summed E-state index contributed by atoms with van der Waals surface area (Å²) in [5.74, 6) is 0.888. The predicted octanol–water partition coefficient (Wildman–Crippen LogP) is 2.53. The van der Waals surface area contributed by atoms with Crippen LogP contribution in [0.2, 0.25) is 0 Å². The number of fused-ring (bicyclic) bond motifs is 1. The van der Waals surface area contributed by atoms with Crippen LogP contribution in [-0.4, -0.2) is 40.7 Å². The van der Waals surface area contributed by atoms with E-state index in [1.54, 1.807) is 0 Å². The van der Waals surface area contributed by atoms with E-state index in [-0.39, 0.29) is 17.1 Å². The number of ether oxygens (including phenoxy) is 1. The molecule has 142 valence electrons. The van der Waals surface area contributed by atoms with Gasteiger partial charge in [-0.15, -0.1) is 0 Å². The lowest BCUT2D eigenvalue weighted by molar-refractivity contribution is 0.151. The summed E-state index contributed by atoms with van der Waals surface area (Å²) in [6.07, 6.45) is 1.20. The SMILES string of the molecule is O=C(O)N1CC[C@@H](COc2coc(CN3Cc4ccccc4C3)cc2=O)C1. The van der Waals surface area contributed by atoms with E-state index in [9.17, 15) is 9.59 Å². The Hall–Kier alpha value is -2.80. The molecule has 4 rings (SSSR count). The van der Waals surface area contributed by atoms with Gasteiger partial charge in [-0.3, -0.25) is 9.69 Å². The van der Waals surface area contributed by atoms with Gasteiger partial charge in [-0.05, 0) is 17.5 Å². The van der Waals surface area contributed by atoms with Gasteiger partial charge in [0.15, 0.2) is 0 Å². The summed E-state index contributed by atoms with van der Waals surface area (Å²) in [7, 11) is 0. The van der Waals surface area contributed by atoms with Crippen LogP contribution in [0.25, 0.3) is 0 Å². The minimum atomic E-state index is -0.912. The first-order valence-corrected chi connectivity index (χ1v) is 9.10. The molecule has 1 amide bonds. The van der Waals surface area contributed by atoms with Gasteiger partial charge in [0.05, 0.1) is 13.2 Å². The van der Waals surface area contributed by atoms with E-state index < -0.39 is 6.09 Å². The van der Waals surface area contributed by atoms with Crippen LogP contribution < -0.4 is 10.2 Å². The molecule has 2 aliphatic heterocycles. The van der Waals surface area contributed by atoms with Crippen molar-refractivity contribution in [1.82, 2.24) is 9.80 Å². The Morgan fingerprint density at radius 2 is 2.00 bits per heavy atom. The Bertz CT molecular complexity index is 869. The van der Waals surface area contributed by atoms with Gasteiger partial charge in [-0.2, -0.15) is 0 Å². The number of rotatable bonds is 5. The lowest BCUT2D eigenvalue weighted by Gasteiger charge is -2.15. The third-order valence-corrected chi connectivity index (χ3v) is 5.17. The molecule has 27 heavy (non-hydrogen) atoms. The van der Waals surface area contributed by atoms with Crippen molar-refractivity contribution in [3.8, 4) is 5.75 Å². The molecule has 1 N–H and O–H groups in total. The number of amides is 1. The Kier molecular flexibility index (Phi) is 4.85. The Morgan fingerprint density at radius 1 is 1.26 bits per heavy atom. The van der Waals surface area contributed by atoms with E-state index in [4.69, 9.17) is 14.3 Å². The van der Waals surface area contributed by atoms with Crippen LogP contribution in [0.5, 0.6) is 5.75 Å². The molecule has 0 aliphatic carbocycles. The Balaban J connectivity index is 1.32. The summed E-state index contributed by atoms with van der Waals surface area (Å²) < 4.78 is 11.2. The van der Waals surface area contributed by atoms with Gasteiger partial charge < -0.3 is 19.2 Å². The second-order valence-electron chi connectivity index (χ2n) is 7.18. The van der Waals surface area contributed by atoms with Crippen LogP contribution in [0.1, 0.15) is 23.3 Å². The molecular weight excluding hydrogens is 348 g/mol. The van der Waals surface area contributed by atoms with E-state index in [1.807, 2.05) is 12.1 Å². The average Bonchev–Trinajstić information content (AvgIpc) is 3.27. The Morgan fingerprint density at radius 3 is 2.63 bits per heavy atom. The van der Waals surface area contributed by atoms with E-state index >= 15 is 0 Å². The minimum absolute atomic E-state index is 0.100. The maximum absolute atomic E-state index is 12.3. The van der Waals surface area contributed by atoms with Crippen LogP contribution in [0, 0.1) is 5.92 Å². The van der Waals surface area contributed by atoms with E-state index in [0.29, 0.717) is 32.0 Å². The molecule has 2 aromatic rings. The summed E-state index contributed by atoms with van der Waals surface area (Å²) in [5, 5.41) is 8.98. The molecular formula is C20H22N2O5. The first-order chi connectivity index (χ1) is 13.1. The molecule has 1 atom stereocenters. The maximum Gasteiger partial charge on any atom is 0.407 e. The quantitative estimate of drug-likeness (QED) is 0.871. The molecule has 3 heterocycles. The van der Waals surface area contributed by atoms with Crippen molar-refractivity contribution in [3.63, 3.8) is 0 Å². The largest absolute Gasteiger partial charge is 0.486 e. The molecule has 0 unspecified atom stereocenters. The molecule has 1 saturated heterocycles. The normalized spacial score (nSPS) is 19.3. The predicted molar refractivity (Wildman–Crippen MR) is 97.6 cm³/mol. The number of nitrogens with zero attached hydrogens (tertiary/aromatic N) is 2. The van der Waals surface area contributed by atoms with Gasteiger partial charge >= 0.3 is 6.09 Å². The first kappa shape index (κ1) is 17.6.